The summed E-state index contributed by atoms with van der Waals surface area (Å²) in [6.45, 7) is -0.749. The lowest BCUT2D eigenvalue weighted by Crippen LogP contribution is -2.42. The zero-order valence-electron chi connectivity index (χ0n) is 10.8. The molecule has 0 unspecified atom stereocenters. The van der Waals surface area contributed by atoms with Gasteiger partial charge < -0.3 is 15.3 Å². The van der Waals surface area contributed by atoms with E-state index in [-0.39, 0.29) is 19.5 Å². The number of aliphatic carboxylic acids is 1. The van der Waals surface area contributed by atoms with E-state index < -0.39 is 25.0 Å². The number of carbonyl (C=O) groups is 2. The van der Waals surface area contributed by atoms with Crippen LogP contribution in [0.25, 0.3) is 0 Å². The highest BCUT2D eigenvalue weighted by Crippen LogP contribution is 2.07. The molecule has 1 aromatic carbocycles. The molecule has 0 aromatic heterocycles. The summed E-state index contributed by atoms with van der Waals surface area (Å²) in [6.07, 6.45) is -2.90. The molecule has 0 fully saturated rings. The first kappa shape index (κ1) is 15.9. The Morgan fingerprint density at radius 3 is 2.45 bits per heavy atom. The normalized spacial score (nSPS) is 10.3. The fourth-order valence-corrected chi connectivity index (χ4v) is 1.58. The maximum Gasteiger partial charge on any atom is 0.317 e. The van der Waals surface area contributed by atoms with Crippen LogP contribution in [0.5, 0.6) is 0 Å². The Bertz CT molecular complexity index is 441. The molecule has 7 heteroatoms. The maximum absolute atomic E-state index is 12.5. The van der Waals surface area contributed by atoms with Crippen molar-refractivity contribution in [3.8, 4) is 0 Å². The van der Waals surface area contributed by atoms with Gasteiger partial charge in [0.1, 0.15) is 0 Å². The Labute approximate surface area is 115 Å². The largest absolute Gasteiger partial charge is 0.481 e. The van der Waals surface area contributed by atoms with E-state index in [0.717, 1.165) is 10.5 Å². The molecule has 0 bridgehead atoms. The van der Waals surface area contributed by atoms with Crippen molar-refractivity contribution in [3.63, 3.8) is 0 Å². The number of nitrogens with one attached hydrogen (secondary N) is 1. The van der Waals surface area contributed by atoms with Gasteiger partial charge in [-0.2, -0.15) is 0 Å². The zero-order valence-corrected chi connectivity index (χ0v) is 10.8. The van der Waals surface area contributed by atoms with Gasteiger partial charge in [-0.3, -0.25) is 4.79 Å². The van der Waals surface area contributed by atoms with Crippen LogP contribution in [0.4, 0.5) is 13.6 Å². The molecular formula is C13H16F2N2O3. The molecule has 110 valence electrons. The van der Waals surface area contributed by atoms with E-state index in [9.17, 15) is 18.4 Å². The van der Waals surface area contributed by atoms with E-state index in [2.05, 4.69) is 5.32 Å². The van der Waals surface area contributed by atoms with Gasteiger partial charge in [0, 0.05) is 13.1 Å². The van der Waals surface area contributed by atoms with Gasteiger partial charge in [0.2, 0.25) is 0 Å². The van der Waals surface area contributed by atoms with Gasteiger partial charge in [0.15, 0.2) is 0 Å². The fraction of sp³-hybridized carbons (Fsp3) is 0.385. The van der Waals surface area contributed by atoms with Crippen LogP contribution in [-0.4, -0.2) is 41.5 Å². The Kier molecular flexibility index (Phi) is 6.42. The molecule has 2 N–H and O–H groups in total. The molecule has 0 atom stereocenters. The minimum absolute atomic E-state index is 0.0457. The number of alkyl halides is 2. The highest BCUT2D eigenvalue weighted by atomic mass is 19.3. The van der Waals surface area contributed by atoms with Crippen molar-refractivity contribution in [2.45, 2.75) is 19.4 Å². The summed E-state index contributed by atoms with van der Waals surface area (Å²) in [7, 11) is 0. The number of rotatable bonds is 7. The molecule has 2 amide bonds. The Balaban J connectivity index is 2.59. The van der Waals surface area contributed by atoms with E-state index in [0.29, 0.717) is 0 Å². The van der Waals surface area contributed by atoms with Crippen LogP contribution in [-0.2, 0) is 11.3 Å². The third-order valence-corrected chi connectivity index (χ3v) is 2.48. The van der Waals surface area contributed by atoms with Gasteiger partial charge in [-0.25, -0.2) is 13.6 Å². The van der Waals surface area contributed by atoms with E-state index in [1.165, 1.54) is 0 Å². The van der Waals surface area contributed by atoms with Crippen LogP contribution < -0.4 is 5.32 Å². The number of hydrogen-bond acceptors (Lipinski definition) is 2. The number of carboxylic acid groups (broad SMARTS) is 1. The molecule has 0 heterocycles. The number of halogens is 2. The van der Waals surface area contributed by atoms with Crippen LogP contribution in [0, 0.1) is 0 Å². The van der Waals surface area contributed by atoms with Crippen LogP contribution in [0.3, 0.4) is 0 Å². The van der Waals surface area contributed by atoms with Gasteiger partial charge in [0.05, 0.1) is 13.0 Å². The molecule has 0 aliphatic heterocycles. The number of carboxylic acids is 1. The molecule has 0 radical (unpaired) electrons. The predicted octanol–water partition coefficient (Wildman–Crippen LogP) is 1.94. The van der Waals surface area contributed by atoms with Gasteiger partial charge in [-0.15, -0.1) is 0 Å². The topological polar surface area (TPSA) is 69.6 Å². The van der Waals surface area contributed by atoms with Crippen LogP contribution in [0.15, 0.2) is 30.3 Å². The summed E-state index contributed by atoms with van der Waals surface area (Å²) in [5, 5.41) is 10.8. The summed E-state index contributed by atoms with van der Waals surface area (Å²) in [5.41, 5.74) is 0.724. The minimum atomic E-state index is -2.65. The van der Waals surface area contributed by atoms with Crippen molar-refractivity contribution in [1.82, 2.24) is 10.2 Å². The molecule has 1 aromatic rings. The number of nitrogens with zero attached hydrogens (tertiary/aromatic N) is 1. The zero-order chi connectivity index (χ0) is 15.0. The van der Waals surface area contributed by atoms with Crippen LogP contribution in [0.1, 0.15) is 12.0 Å². The predicted molar refractivity (Wildman–Crippen MR) is 68.5 cm³/mol. The SMILES string of the molecule is O=C(O)CCNC(=O)N(Cc1ccccc1)CC(F)F. The lowest BCUT2D eigenvalue weighted by molar-refractivity contribution is -0.136. The molecule has 0 spiro atoms. The Morgan fingerprint density at radius 2 is 1.90 bits per heavy atom. The number of urea groups is 1. The molecule has 0 saturated heterocycles. The van der Waals surface area contributed by atoms with E-state index >= 15 is 0 Å². The van der Waals surface area contributed by atoms with Gasteiger partial charge in [0.25, 0.3) is 6.43 Å². The summed E-state index contributed by atoms with van der Waals surface area (Å²) < 4.78 is 25.0. The van der Waals surface area contributed by atoms with Crippen LogP contribution >= 0.6 is 0 Å². The summed E-state index contributed by atoms with van der Waals surface area (Å²) in [4.78, 5) is 23.0. The molecular weight excluding hydrogens is 270 g/mol. The fourth-order valence-electron chi connectivity index (χ4n) is 1.58. The first-order valence-electron chi connectivity index (χ1n) is 6.05. The number of amides is 2. The molecule has 0 aliphatic carbocycles. The standard InChI is InChI=1S/C13H16F2N2O3/c14-11(15)9-17(8-10-4-2-1-3-5-10)13(20)16-7-6-12(18)19/h1-5,11H,6-9H2,(H,16,20)(H,18,19). The van der Waals surface area contributed by atoms with Crippen molar-refractivity contribution in [3.05, 3.63) is 35.9 Å². The summed E-state index contributed by atoms with van der Waals surface area (Å²) >= 11 is 0. The van der Waals surface area contributed by atoms with E-state index in [1.54, 1.807) is 30.3 Å². The highest BCUT2D eigenvalue weighted by molar-refractivity contribution is 5.75. The Hall–Kier alpha value is -2.18. The van der Waals surface area contributed by atoms with Crippen molar-refractivity contribution in [2.24, 2.45) is 0 Å². The van der Waals surface area contributed by atoms with Gasteiger partial charge in [-0.1, -0.05) is 30.3 Å². The van der Waals surface area contributed by atoms with E-state index in [1.807, 2.05) is 0 Å². The molecule has 0 saturated carbocycles. The first-order chi connectivity index (χ1) is 9.49. The van der Waals surface area contributed by atoms with Crippen molar-refractivity contribution >= 4 is 12.0 Å². The number of benzene rings is 1. The van der Waals surface area contributed by atoms with Crippen molar-refractivity contribution in [1.29, 1.82) is 0 Å². The van der Waals surface area contributed by atoms with Crippen LogP contribution in [0.2, 0.25) is 0 Å². The second-order valence-corrected chi connectivity index (χ2v) is 4.13. The van der Waals surface area contributed by atoms with Crippen molar-refractivity contribution < 1.29 is 23.5 Å². The second-order valence-electron chi connectivity index (χ2n) is 4.13. The molecule has 20 heavy (non-hydrogen) atoms. The molecule has 1 rings (SSSR count). The number of carbonyl (C=O) groups excluding carboxylic acids is 1. The highest BCUT2D eigenvalue weighted by Gasteiger charge is 2.18. The average molecular weight is 286 g/mol. The molecule has 0 aliphatic rings. The first-order valence-corrected chi connectivity index (χ1v) is 6.05. The second kappa shape index (κ2) is 8.08. The minimum Gasteiger partial charge on any atom is -0.481 e. The third kappa shape index (κ3) is 6.12. The van der Waals surface area contributed by atoms with E-state index in [4.69, 9.17) is 5.11 Å². The van der Waals surface area contributed by atoms with Gasteiger partial charge in [-0.05, 0) is 5.56 Å². The lowest BCUT2D eigenvalue weighted by Gasteiger charge is -2.22. The third-order valence-electron chi connectivity index (χ3n) is 2.48. The summed E-state index contributed by atoms with van der Waals surface area (Å²) in [5.74, 6) is -1.06. The summed E-state index contributed by atoms with van der Waals surface area (Å²) in [6, 6.07) is 8.03. The monoisotopic (exact) mass is 286 g/mol. The quantitative estimate of drug-likeness (QED) is 0.804. The van der Waals surface area contributed by atoms with Crippen molar-refractivity contribution in [2.75, 3.05) is 13.1 Å². The lowest BCUT2D eigenvalue weighted by atomic mass is 10.2. The average Bonchev–Trinajstić information content (AvgIpc) is 2.38. The molecule has 5 nitrogen and oxygen atoms in total. The smallest absolute Gasteiger partial charge is 0.317 e. The number of hydrogen-bond donors (Lipinski definition) is 2. The Morgan fingerprint density at radius 1 is 1.25 bits per heavy atom. The van der Waals surface area contributed by atoms with Gasteiger partial charge >= 0.3 is 12.0 Å². The maximum atomic E-state index is 12.5.